The molecule has 0 saturated carbocycles. The summed E-state index contributed by atoms with van der Waals surface area (Å²) < 4.78 is 5.64. The van der Waals surface area contributed by atoms with Crippen LogP contribution in [-0.2, 0) is 4.74 Å². The highest BCUT2D eigenvalue weighted by Gasteiger charge is 2.27. The van der Waals surface area contributed by atoms with Crippen molar-refractivity contribution >= 4 is 29.2 Å². The van der Waals surface area contributed by atoms with E-state index in [4.69, 9.17) is 27.9 Å². The number of ether oxygens (including phenoxy) is 1. The summed E-state index contributed by atoms with van der Waals surface area (Å²) in [7, 11) is 0. The molecule has 0 spiro atoms. The third kappa shape index (κ3) is 4.44. The van der Waals surface area contributed by atoms with Crippen LogP contribution in [0.25, 0.3) is 0 Å². The number of esters is 1. The zero-order chi connectivity index (χ0) is 18.5. The quantitative estimate of drug-likeness (QED) is 0.578. The van der Waals surface area contributed by atoms with Crippen LogP contribution >= 0.6 is 23.2 Å². The van der Waals surface area contributed by atoms with Crippen LogP contribution in [0.1, 0.15) is 33.7 Å². The van der Waals surface area contributed by atoms with E-state index in [1.807, 2.05) is 6.07 Å². The van der Waals surface area contributed by atoms with E-state index in [0.717, 1.165) is 0 Å². The molecule has 132 valence electrons. The van der Waals surface area contributed by atoms with Gasteiger partial charge in [0.05, 0.1) is 5.56 Å². The van der Waals surface area contributed by atoms with Crippen LogP contribution in [0.5, 0.6) is 0 Å². The molecular weight excluding hydrogens is 371 g/mol. The summed E-state index contributed by atoms with van der Waals surface area (Å²) in [5.41, 5.74) is 1.64. The van der Waals surface area contributed by atoms with E-state index in [-0.39, 0.29) is 0 Å². The maximum absolute atomic E-state index is 12.5. The van der Waals surface area contributed by atoms with Crippen molar-refractivity contribution in [2.24, 2.45) is 0 Å². The van der Waals surface area contributed by atoms with Crippen molar-refractivity contribution < 1.29 is 14.6 Å². The average Bonchev–Trinajstić information content (AvgIpc) is 2.67. The summed E-state index contributed by atoms with van der Waals surface area (Å²) in [5, 5.41) is 12.0. The van der Waals surface area contributed by atoms with Crippen LogP contribution in [0.2, 0.25) is 10.0 Å². The normalized spacial score (nSPS) is 13.0. The minimum Gasteiger partial charge on any atom is -0.451 e. The fourth-order valence-corrected chi connectivity index (χ4v) is 2.81. The maximum atomic E-state index is 12.5. The Hall–Kier alpha value is -2.33. The highest BCUT2D eigenvalue weighted by atomic mass is 35.5. The Balaban J connectivity index is 1.92. The molecule has 5 heteroatoms. The number of hydrogen-bond acceptors (Lipinski definition) is 3. The highest BCUT2D eigenvalue weighted by molar-refractivity contribution is 6.30. The second-order valence-corrected chi connectivity index (χ2v) is 6.61. The first kappa shape index (κ1) is 18.5. The van der Waals surface area contributed by atoms with Gasteiger partial charge in [0.2, 0.25) is 0 Å². The number of rotatable bonds is 5. The molecule has 0 aliphatic heterocycles. The fraction of sp³-hybridized carbons (Fsp3) is 0.0952. The van der Waals surface area contributed by atoms with Gasteiger partial charge in [-0.3, -0.25) is 0 Å². The van der Waals surface area contributed by atoms with Crippen molar-refractivity contribution in [3.8, 4) is 0 Å². The average molecular weight is 387 g/mol. The molecule has 0 radical (unpaired) electrons. The van der Waals surface area contributed by atoms with E-state index in [9.17, 15) is 9.90 Å². The van der Waals surface area contributed by atoms with Crippen LogP contribution in [0.15, 0.2) is 78.9 Å². The first-order valence-electron chi connectivity index (χ1n) is 7.99. The van der Waals surface area contributed by atoms with Crippen molar-refractivity contribution in [2.75, 3.05) is 0 Å². The van der Waals surface area contributed by atoms with Crippen LogP contribution in [-0.4, -0.2) is 11.1 Å². The van der Waals surface area contributed by atoms with Gasteiger partial charge in [-0.05, 0) is 47.5 Å². The summed E-state index contributed by atoms with van der Waals surface area (Å²) in [5.74, 6) is -0.515. The minimum absolute atomic E-state index is 0.412. The van der Waals surface area contributed by atoms with Gasteiger partial charge in [-0.25, -0.2) is 4.79 Å². The first-order valence-corrected chi connectivity index (χ1v) is 8.75. The van der Waals surface area contributed by atoms with E-state index in [2.05, 4.69) is 0 Å². The molecule has 1 N–H and O–H groups in total. The highest BCUT2D eigenvalue weighted by Crippen LogP contribution is 2.34. The number of aliphatic hydroxyl groups excluding tert-OH is 1. The zero-order valence-corrected chi connectivity index (χ0v) is 15.2. The molecule has 3 aromatic rings. The molecular formula is C21H16Cl2O3. The SMILES string of the molecule is O=C(O[C@@H](c1ccc(Cl)cc1)[C@@H](O)c1ccc(Cl)cc1)c1ccccc1. The van der Waals surface area contributed by atoms with Crippen LogP contribution in [0, 0.1) is 0 Å². The molecule has 3 aromatic carbocycles. The Kier molecular flexibility index (Phi) is 5.94. The number of halogens is 2. The van der Waals surface area contributed by atoms with Gasteiger partial charge in [0.1, 0.15) is 6.10 Å². The van der Waals surface area contributed by atoms with Gasteiger partial charge in [-0.15, -0.1) is 0 Å². The fourth-order valence-electron chi connectivity index (χ4n) is 2.56. The molecule has 0 fully saturated rings. The van der Waals surface area contributed by atoms with Crippen LogP contribution in [0.4, 0.5) is 0 Å². The number of carbonyl (C=O) groups excluding carboxylic acids is 1. The molecule has 2 atom stereocenters. The topological polar surface area (TPSA) is 46.5 Å². The van der Waals surface area contributed by atoms with E-state index in [1.165, 1.54) is 0 Å². The number of benzene rings is 3. The lowest BCUT2D eigenvalue weighted by Gasteiger charge is -2.24. The van der Waals surface area contributed by atoms with Crippen molar-refractivity contribution in [3.63, 3.8) is 0 Å². The Bertz CT molecular complexity index is 862. The number of carbonyl (C=O) groups is 1. The molecule has 0 unspecified atom stereocenters. The zero-order valence-electron chi connectivity index (χ0n) is 13.7. The lowest BCUT2D eigenvalue weighted by Crippen LogP contribution is -2.18. The van der Waals surface area contributed by atoms with Gasteiger partial charge >= 0.3 is 5.97 Å². The molecule has 0 amide bonds. The first-order chi connectivity index (χ1) is 12.5. The van der Waals surface area contributed by atoms with E-state index in [0.29, 0.717) is 26.7 Å². The number of hydrogen-bond donors (Lipinski definition) is 1. The van der Waals surface area contributed by atoms with Crippen LogP contribution < -0.4 is 0 Å². The summed E-state index contributed by atoms with van der Waals surface area (Å²) in [4.78, 5) is 12.5. The Morgan fingerprint density at radius 3 is 1.81 bits per heavy atom. The molecule has 3 rings (SSSR count). The molecule has 3 nitrogen and oxygen atoms in total. The third-order valence-electron chi connectivity index (χ3n) is 3.94. The maximum Gasteiger partial charge on any atom is 0.338 e. The summed E-state index contributed by atoms with van der Waals surface area (Å²) in [6.07, 6.45) is -1.94. The second kappa shape index (κ2) is 8.37. The Morgan fingerprint density at radius 1 is 0.769 bits per heavy atom. The van der Waals surface area contributed by atoms with Crippen molar-refractivity contribution in [1.29, 1.82) is 0 Å². The summed E-state index contributed by atoms with van der Waals surface area (Å²) >= 11 is 11.9. The molecule has 26 heavy (non-hydrogen) atoms. The van der Waals surface area contributed by atoms with Gasteiger partial charge in [0.25, 0.3) is 0 Å². The molecule has 0 heterocycles. The van der Waals surface area contributed by atoms with E-state index < -0.39 is 18.2 Å². The monoisotopic (exact) mass is 386 g/mol. The molecule has 0 aliphatic rings. The third-order valence-corrected chi connectivity index (χ3v) is 4.44. The van der Waals surface area contributed by atoms with Crippen molar-refractivity contribution in [1.82, 2.24) is 0 Å². The summed E-state index contributed by atoms with van der Waals surface area (Å²) in [6, 6.07) is 22.2. The Morgan fingerprint density at radius 2 is 1.27 bits per heavy atom. The summed E-state index contributed by atoms with van der Waals surface area (Å²) in [6.45, 7) is 0. The minimum atomic E-state index is -1.05. The van der Waals surface area contributed by atoms with Gasteiger partial charge < -0.3 is 9.84 Å². The lowest BCUT2D eigenvalue weighted by molar-refractivity contribution is -0.0209. The van der Waals surface area contributed by atoms with E-state index in [1.54, 1.807) is 72.8 Å². The molecule has 0 saturated heterocycles. The lowest BCUT2D eigenvalue weighted by atomic mass is 9.98. The largest absolute Gasteiger partial charge is 0.451 e. The van der Waals surface area contributed by atoms with E-state index >= 15 is 0 Å². The van der Waals surface area contributed by atoms with Crippen molar-refractivity contribution in [3.05, 3.63) is 106 Å². The van der Waals surface area contributed by atoms with Crippen molar-refractivity contribution in [2.45, 2.75) is 12.2 Å². The predicted molar refractivity (Wildman–Crippen MR) is 102 cm³/mol. The van der Waals surface area contributed by atoms with Gasteiger partial charge in [0, 0.05) is 10.0 Å². The van der Waals surface area contributed by atoms with Crippen LogP contribution in [0.3, 0.4) is 0 Å². The molecule has 0 bridgehead atoms. The van der Waals surface area contributed by atoms with Gasteiger partial charge in [0.15, 0.2) is 6.10 Å². The standard InChI is InChI=1S/C21H16Cl2O3/c22-17-10-6-14(7-11-17)19(24)20(15-8-12-18(23)13-9-15)26-21(25)16-4-2-1-3-5-16/h1-13,19-20,24H/t19-,20-/m0/s1. The smallest absolute Gasteiger partial charge is 0.338 e. The second-order valence-electron chi connectivity index (χ2n) is 5.74. The molecule has 0 aromatic heterocycles. The molecule has 0 aliphatic carbocycles. The number of aliphatic hydroxyl groups is 1. The predicted octanol–water partition coefficient (Wildman–Crippen LogP) is 5.63. The van der Waals surface area contributed by atoms with Gasteiger partial charge in [-0.1, -0.05) is 65.7 Å². The Labute approximate surface area is 161 Å². The van der Waals surface area contributed by atoms with Gasteiger partial charge in [-0.2, -0.15) is 0 Å².